The van der Waals surface area contributed by atoms with Gasteiger partial charge in [0.1, 0.15) is 12.3 Å². The molecule has 1 N–H and O–H groups in total. The number of benzene rings is 1. The van der Waals surface area contributed by atoms with Crippen molar-refractivity contribution in [2.45, 2.75) is 13.8 Å². The largest absolute Gasteiger partial charge is 0.494 e. The van der Waals surface area contributed by atoms with Crippen molar-refractivity contribution in [1.82, 2.24) is 0 Å². The monoisotopic (exact) mass is 223 g/mol. The molecule has 0 fully saturated rings. The summed E-state index contributed by atoms with van der Waals surface area (Å²) < 4.78 is 5.32. The molecule has 0 aliphatic heterocycles. The van der Waals surface area contributed by atoms with Crippen LogP contribution in [0.25, 0.3) is 0 Å². The molecule has 0 saturated heterocycles. The van der Waals surface area contributed by atoms with Crippen LogP contribution in [0.15, 0.2) is 24.3 Å². The summed E-state index contributed by atoms with van der Waals surface area (Å²) in [5.74, 6) is -0.0200. The lowest BCUT2D eigenvalue weighted by atomic mass is 10.2. The summed E-state index contributed by atoms with van der Waals surface area (Å²) in [6.07, 6.45) is 0. The maximum absolute atomic E-state index is 10.6. The second-order valence-electron chi connectivity index (χ2n) is 3.33. The zero-order valence-electron chi connectivity index (χ0n) is 9.64. The predicted molar refractivity (Wildman–Crippen MR) is 63.1 cm³/mol. The molecule has 0 aliphatic rings. The Hall–Kier alpha value is -1.71. The molecule has 0 amide bonds. The molecule has 1 aromatic rings. The minimum atomic E-state index is -0.823. The van der Waals surface area contributed by atoms with E-state index in [-0.39, 0.29) is 6.54 Å². The fourth-order valence-electron chi connectivity index (χ4n) is 1.47. The second kappa shape index (κ2) is 6.00. The molecule has 0 aliphatic carbocycles. The van der Waals surface area contributed by atoms with Gasteiger partial charge in [0, 0.05) is 12.2 Å². The Morgan fingerprint density at radius 2 is 1.94 bits per heavy atom. The number of rotatable bonds is 6. The van der Waals surface area contributed by atoms with E-state index < -0.39 is 5.97 Å². The van der Waals surface area contributed by atoms with Crippen LogP contribution in [0.4, 0.5) is 5.69 Å². The highest BCUT2D eigenvalue weighted by atomic mass is 16.5. The van der Waals surface area contributed by atoms with Gasteiger partial charge in [-0.05, 0) is 38.1 Å². The quantitative estimate of drug-likeness (QED) is 0.801. The van der Waals surface area contributed by atoms with Gasteiger partial charge >= 0.3 is 5.97 Å². The fourth-order valence-corrected chi connectivity index (χ4v) is 1.47. The summed E-state index contributed by atoms with van der Waals surface area (Å²) in [5, 5.41) is 8.75. The zero-order chi connectivity index (χ0) is 12.0. The average Bonchev–Trinajstić information content (AvgIpc) is 2.27. The van der Waals surface area contributed by atoms with Gasteiger partial charge in [-0.15, -0.1) is 0 Å². The van der Waals surface area contributed by atoms with Crippen molar-refractivity contribution in [2.75, 3.05) is 24.6 Å². The number of aliphatic carboxylic acids is 1. The van der Waals surface area contributed by atoms with Gasteiger partial charge in [0.15, 0.2) is 0 Å². The third kappa shape index (κ3) is 3.46. The molecule has 88 valence electrons. The molecule has 0 heterocycles. The molecule has 1 aromatic carbocycles. The number of ether oxygens (including phenoxy) is 1. The van der Waals surface area contributed by atoms with Crippen LogP contribution >= 0.6 is 0 Å². The molecule has 4 nitrogen and oxygen atoms in total. The predicted octanol–water partition coefficient (Wildman–Crippen LogP) is 2.00. The highest BCUT2D eigenvalue weighted by molar-refractivity contribution is 5.73. The van der Waals surface area contributed by atoms with Crippen LogP contribution in [0.2, 0.25) is 0 Å². The van der Waals surface area contributed by atoms with E-state index in [0.717, 1.165) is 11.4 Å². The SMILES string of the molecule is CCOc1ccc(N(CC)CC(=O)O)cc1. The number of anilines is 1. The summed E-state index contributed by atoms with van der Waals surface area (Å²) in [4.78, 5) is 12.4. The highest BCUT2D eigenvalue weighted by Gasteiger charge is 2.08. The van der Waals surface area contributed by atoms with Gasteiger partial charge in [-0.3, -0.25) is 4.79 Å². The number of carbonyl (C=O) groups is 1. The third-order valence-corrected chi connectivity index (χ3v) is 2.22. The van der Waals surface area contributed by atoms with Crippen molar-refractivity contribution in [3.63, 3.8) is 0 Å². The van der Waals surface area contributed by atoms with Crippen LogP contribution in [0, 0.1) is 0 Å². The Balaban J connectivity index is 2.73. The van der Waals surface area contributed by atoms with E-state index in [1.165, 1.54) is 0 Å². The van der Waals surface area contributed by atoms with Gasteiger partial charge in [-0.1, -0.05) is 0 Å². The van der Waals surface area contributed by atoms with Crippen molar-refractivity contribution >= 4 is 11.7 Å². The lowest BCUT2D eigenvalue weighted by Crippen LogP contribution is -2.29. The number of hydrogen-bond donors (Lipinski definition) is 1. The summed E-state index contributed by atoms with van der Waals surface area (Å²) in [7, 11) is 0. The second-order valence-corrected chi connectivity index (χ2v) is 3.33. The third-order valence-electron chi connectivity index (χ3n) is 2.22. The standard InChI is InChI=1S/C12H17NO3/c1-3-13(9-12(14)15)10-5-7-11(8-6-10)16-4-2/h5-8H,3-4,9H2,1-2H3,(H,14,15). The first-order valence-corrected chi connectivity index (χ1v) is 5.37. The molecule has 0 radical (unpaired) electrons. The van der Waals surface area contributed by atoms with E-state index in [9.17, 15) is 4.79 Å². The summed E-state index contributed by atoms with van der Waals surface area (Å²) in [6.45, 7) is 5.17. The molecule has 0 atom stereocenters. The topological polar surface area (TPSA) is 49.8 Å². The first kappa shape index (κ1) is 12.4. The van der Waals surface area contributed by atoms with Crippen molar-refractivity contribution < 1.29 is 14.6 Å². The molecule has 4 heteroatoms. The first-order chi connectivity index (χ1) is 7.67. The van der Waals surface area contributed by atoms with E-state index in [2.05, 4.69) is 0 Å². The number of nitrogens with zero attached hydrogens (tertiary/aromatic N) is 1. The summed E-state index contributed by atoms with van der Waals surface area (Å²) in [5.41, 5.74) is 0.897. The molecular formula is C12H17NO3. The summed E-state index contributed by atoms with van der Waals surface area (Å²) in [6, 6.07) is 7.45. The van der Waals surface area contributed by atoms with Crippen LogP contribution in [0.3, 0.4) is 0 Å². The zero-order valence-corrected chi connectivity index (χ0v) is 9.64. The molecule has 16 heavy (non-hydrogen) atoms. The lowest BCUT2D eigenvalue weighted by Gasteiger charge is -2.20. The van der Waals surface area contributed by atoms with Crippen molar-refractivity contribution in [2.24, 2.45) is 0 Å². The Morgan fingerprint density at radius 1 is 1.31 bits per heavy atom. The molecule has 0 aromatic heterocycles. The molecule has 0 unspecified atom stereocenters. The van der Waals surface area contributed by atoms with E-state index in [4.69, 9.17) is 9.84 Å². The van der Waals surface area contributed by atoms with Gasteiger partial charge in [-0.25, -0.2) is 0 Å². The average molecular weight is 223 g/mol. The van der Waals surface area contributed by atoms with Gasteiger partial charge in [-0.2, -0.15) is 0 Å². The van der Waals surface area contributed by atoms with Gasteiger partial charge in [0.2, 0.25) is 0 Å². The fraction of sp³-hybridized carbons (Fsp3) is 0.417. The number of carboxylic acid groups (broad SMARTS) is 1. The Bertz CT molecular complexity index is 335. The highest BCUT2D eigenvalue weighted by Crippen LogP contribution is 2.19. The van der Waals surface area contributed by atoms with Crippen LogP contribution in [0.5, 0.6) is 5.75 Å². The lowest BCUT2D eigenvalue weighted by molar-refractivity contribution is -0.135. The van der Waals surface area contributed by atoms with Crippen LogP contribution in [-0.2, 0) is 4.79 Å². The smallest absolute Gasteiger partial charge is 0.323 e. The Morgan fingerprint density at radius 3 is 2.38 bits per heavy atom. The number of carboxylic acids is 1. The van der Waals surface area contributed by atoms with E-state index in [1.807, 2.05) is 38.1 Å². The molecule has 0 bridgehead atoms. The van der Waals surface area contributed by atoms with Crippen molar-refractivity contribution in [3.8, 4) is 5.75 Å². The van der Waals surface area contributed by atoms with Crippen LogP contribution < -0.4 is 9.64 Å². The molecular weight excluding hydrogens is 206 g/mol. The van der Waals surface area contributed by atoms with Crippen LogP contribution in [-0.4, -0.2) is 30.8 Å². The molecule has 0 saturated carbocycles. The maximum atomic E-state index is 10.6. The minimum Gasteiger partial charge on any atom is -0.494 e. The molecule has 0 spiro atoms. The molecule has 1 rings (SSSR count). The Labute approximate surface area is 95.5 Å². The number of hydrogen-bond acceptors (Lipinski definition) is 3. The summed E-state index contributed by atoms with van der Waals surface area (Å²) >= 11 is 0. The normalized spacial score (nSPS) is 9.88. The van der Waals surface area contributed by atoms with Crippen molar-refractivity contribution in [3.05, 3.63) is 24.3 Å². The maximum Gasteiger partial charge on any atom is 0.323 e. The van der Waals surface area contributed by atoms with E-state index in [0.29, 0.717) is 13.2 Å². The van der Waals surface area contributed by atoms with Gasteiger partial charge < -0.3 is 14.7 Å². The number of likely N-dealkylation sites (N-methyl/N-ethyl adjacent to an activating group) is 1. The first-order valence-electron chi connectivity index (χ1n) is 5.37. The van der Waals surface area contributed by atoms with E-state index >= 15 is 0 Å². The van der Waals surface area contributed by atoms with Crippen molar-refractivity contribution in [1.29, 1.82) is 0 Å². The Kier molecular flexibility index (Phi) is 4.64. The van der Waals surface area contributed by atoms with Gasteiger partial charge in [0.05, 0.1) is 6.61 Å². The van der Waals surface area contributed by atoms with Crippen LogP contribution in [0.1, 0.15) is 13.8 Å². The minimum absolute atomic E-state index is 0.0183. The van der Waals surface area contributed by atoms with E-state index in [1.54, 1.807) is 4.90 Å². The van der Waals surface area contributed by atoms with Gasteiger partial charge in [0.25, 0.3) is 0 Å².